The summed E-state index contributed by atoms with van der Waals surface area (Å²) in [4.78, 5) is 27.7. The lowest BCUT2D eigenvalue weighted by Gasteiger charge is -2.25. The summed E-state index contributed by atoms with van der Waals surface area (Å²) in [5.41, 5.74) is 1.12. The second kappa shape index (κ2) is 10.4. The van der Waals surface area contributed by atoms with Gasteiger partial charge in [0.15, 0.2) is 16.8 Å². The van der Waals surface area contributed by atoms with Crippen LogP contribution in [0.5, 0.6) is 5.75 Å². The Bertz CT molecular complexity index is 1150. The lowest BCUT2D eigenvalue weighted by Crippen LogP contribution is -2.32. The van der Waals surface area contributed by atoms with Gasteiger partial charge in [-0.05, 0) is 56.2 Å². The number of thioether (sulfide) groups is 1. The van der Waals surface area contributed by atoms with E-state index < -0.39 is 0 Å². The summed E-state index contributed by atoms with van der Waals surface area (Å²) in [6.45, 7) is 3.30. The van der Waals surface area contributed by atoms with Gasteiger partial charge in [-0.2, -0.15) is 0 Å². The number of nitrogens with zero attached hydrogens (tertiary/aromatic N) is 4. The monoisotopic (exact) mass is 484 g/mol. The molecule has 0 bridgehead atoms. The zero-order valence-electron chi connectivity index (χ0n) is 18.5. The third-order valence-corrected chi connectivity index (χ3v) is 7.02. The van der Waals surface area contributed by atoms with Crippen LogP contribution in [0.25, 0.3) is 0 Å². The van der Waals surface area contributed by atoms with E-state index in [-0.39, 0.29) is 23.5 Å². The van der Waals surface area contributed by atoms with Crippen molar-refractivity contribution in [1.29, 1.82) is 0 Å². The largest absolute Gasteiger partial charge is 0.497 e. The number of carbonyl (C=O) groups excluding carboxylic acids is 2. The van der Waals surface area contributed by atoms with E-state index in [1.807, 2.05) is 28.5 Å². The Hall–Kier alpha value is -2.84. The fraction of sp³-hybridized carbons (Fsp3) is 0.333. The summed E-state index contributed by atoms with van der Waals surface area (Å²) >= 11 is 7.63. The van der Waals surface area contributed by atoms with Crippen LogP contribution in [0.15, 0.2) is 53.7 Å². The van der Waals surface area contributed by atoms with Crippen LogP contribution >= 0.6 is 23.4 Å². The first-order valence-corrected chi connectivity index (χ1v) is 12.2. The van der Waals surface area contributed by atoms with Crippen molar-refractivity contribution in [2.24, 2.45) is 0 Å². The minimum Gasteiger partial charge on any atom is -0.497 e. The molecular weight excluding hydrogens is 460 g/mol. The Labute approximate surface area is 202 Å². The highest BCUT2D eigenvalue weighted by Crippen LogP contribution is 2.35. The summed E-state index contributed by atoms with van der Waals surface area (Å²) in [6.07, 6.45) is 1.69. The van der Waals surface area contributed by atoms with Crippen LogP contribution in [0, 0.1) is 0 Å². The molecule has 1 atom stereocenters. The smallest absolute Gasteiger partial charge is 0.255 e. The van der Waals surface area contributed by atoms with Crippen molar-refractivity contribution in [2.45, 2.75) is 37.5 Å². The Morgan fingerprint density at radius 2 is 1.91 bits per heavy atom. The molecule has 1 unspecified atom stereocenters. The van der Waals surface area contributed by atoms with Gasteiger partial charge in [-0.25, -0.2) is 0 Å². The summed E-state index contributed by atoms with van der Waals surface area (Å²) < 4.78 is 7.14. The number of rotatable bonds is 8. The molecule has 0 spiro atoms. The van der Waals surface area contributed by atoms with Gasteiger partial charge in [0, 0.05) is 18.7 Å². The molecule has 0 aliphatic carbocycles. The molecular formula is C24H25ClN4O3S. The number of halogens is 1. The van der Waals surface area contributed by atoms with Crippen LogP contribution in [-0.4, -0.2) is 50.8 Å². The predicted molar refractivity (Wildman–Crippen MR) is 128 cm³/mol. The molecule has 1 fully saturated rings. The highest BCUT2D eigenvalue weighted by Gasteiger charge is 2.35. The number of hydrogen-bond donors (Lipinski definition) is 0. The number of aromatic nitrogens is 3. The molecule has 3 aromatic rings. The number of carbonyl (C=O) groups is 2. The summed E-state index contributed by atoms with van der Waals surface area (Å²) in [5, 5.41) is 9.89. The first-order chi connectivity index (χ1) is 16.0. The lowest BCUT2D eigenvalue weighted by molar-refractivity contribution is 0.0727. The molecule has 0 N–H and O–H groups in total. The van der Waals surface area contributed by atoms with E-state index in [2.05, 4.69) is 10.2 Å². The fourth-order valence-corrected chi connectivity index (χ4v) is 5.13. The van der Waals surface area contributed by atoms with Gasteiger partial charge in [0.25, 0.3) is 5.91 Å². The van der Waals surface area contributed by atoms with Gasteiger partial charge < -0.3 is 14.2 Å². The number of amides is 1. The molecule has 9 heteroatoms. The van der Waals surface area contributed by atoms with Crippen molar-refractivity contribution >= 4 is 35.1 Å². The van der Waals surface area contributed by atoms with Crippen LogP contribution in [0.1, 0.15) is 52.3 Å². The first kappa shape index (κ1) is 23.3. The second-order valence-electron chi connectivity index (χ2n) is 7.66. The maximum atomic E-state index is 13.2. The quantitative estimate of drug-likeness (QED) is 0.334. The van der Waals surface area contributed by atoms with Gasteiger partial charge in [-0.15, -0.1) is 10.2 Å². The molecule has 172 valence electrons. The van der Waals surface area contributed by atoms with Crippen molar-refractivity contribution in [3.63, 3.8) is 0 Å². The normalized spacial score (nSPS) is 15.6. The van der Waals surface area contributed by atoms with Gasteiger partial charge in [0.2, 0.25) is 0 Å². The topological polar surface area (TPSA) is 77.3 Å². The van der Waals surface area contributed by atoms with E-state index in [9.17, 15) is 9.59 Å². The standard InChI is InChI=1S/C24H25ClN4O3S/c1-3-28-22(20-9-6-14-29(20)23(31)18-7-4-5-8-19(18)25)26-27-24(28)33-15-21(30)16-10-12-17(32-2)13-11-16/h4-5,7-8,10-13,20H,3,6,9,14-15H2,1-2H3. The van der Waals surface area contributed by atoms with Crippen molar-refractivity contribution < 1.29 is 14.3 Å². The summed E-state index contributed by atoms with van der Waals surface area (Å²) in [6, 6.07) is 14.0. The molecule has 2 aromatic carbocycles. The van der Waals surface area contributed by atoms with Gasteiger partial charge >= 0.3 is 0 Å². The first-order valence-electron chi connectivity index (χ1n) is 10.8. The van der Waals surface area contributed by atoms with Crippen molar-refractivity contribution in [3.05, 3.63) is 70.5 Å². The second-order valence-corrected chi connectivity index (χ2v) is 9.01. The molecule has 0 saturated carbocycles. The van der Waals surface area contributed by atoms with Gasteiger partial charge in [0.05, 0.1) is 29.5 Å². The van der Waals surface area contributed by atoms with E-state index in [1.54, 1.807) is 43.5 Å². The Morgan fingerprint density at radius 3 is 2.61 bits per heavy atom. The molecule has 1 saturated heterocycles. The maximum Gasteiger partial charge on any atom is 0.255 e. The zero-order valence-corrected chi connectivity index (χ0v) is 20.1. The number of benzene rings is 2. The van der Waals surface area contributed by atoms with Crippen LogP contribution in [0.4, 0.5) is 0 Å². The number of likely N-dealkylation sites (tertiary alicyclic amines) is 1. The third kappa shape index (κ3) is 4.91. The number of ketones is 1. The van der Waals surface area contributed by atoms with Crippen LogP contribution < -0.4 is 4.74 Å². The van der Waals surface area contributed by atoms with Gasteiger partial charge in [-0.3, -0.25) is 9.59 Å². The van der Waals surface area contributed by atoms with E-state index in [0.717, 1.165) is 18.7 Å². The van der Waals surface area contributed by atoms with Gasteiger partial charge in [0.1, 0.15) is 5.75 Å². The average molecular weight is 485 g/mol. The number of hydrogen-bond acceptors (Lipinski definition) is 6. The minimum atomic E-state index is -0.173. The molecule has 0 radical (unpaired) electrons. The Morgan fingerprint density at radius 1 is 1.15 bits per heavy atom. The summed E-state index contributed by atoms with van der Waals surface area (Å²) in [5.74, 6) is 1.61. The summed E-state index contributed by atoms with van der Waals surface area (Å²) in [7, 11) is 1.59. The Balaban J connectivity index is 1.50. The van der Waals surface area contributed by atoms with Crippen LogP contribution in [0.2, 0.25) is 5.02 Å². The average Bonchev–Trinajstić information content (AvgIpc) is 3.49. The molecule has 1 aromatic heterocycles. The van der Waals surface area contributed by atoms with E-state index >= 15 is 0 Å². The molecule has 7 nitrogen and oxygen atoms in total. The predicted octanol–water partition coefficient (Wildman–Crippen LogP) is 4.91. The third-order valence-electron chi connectivity index (χ3n) is 5.72. The SMILES string of the molecule is CCn1c(SCC(=O)c2ccc(OC)cc2)nnc1C1CCCN1C(=O)c1ccccc1Cl. The van der Waals surface area contributed by atoms with E-state index in [4.69, 9.17) is 16.3 Å². The molecule has 1 aliphatic rings. The van der Waals surface area contributed by atoms with Crippen molar-refractivity contribution in [2.75, 3.05) is 19.4 Å². The Kier molecular flexibility index (Phi) is 7.35. The highest BCUT2D eigenvalue weighted by molar-refractivity contribution is 7.99. The molecule has 1 aliphatic heterocycles. The van der Waals surface area contributed by atoms with Crippen molar-refractivity contribution in [1.82, 2.24) is 19.7 Å². The van der Waals surface area contributed by atoms with E-state index in [0.29, 0.717) is 40.1 Å². The molecule has 4 rings (SSSR count). The van der Waals surface area contributed by atoms with Crippen LogP contribution in [0.3, 0.4) is 0 Å². The lowest BCUT2D eigenvalue weighted by atomic mass is 10.1. The number of ether oxygens (including phenoxy) is 1. The van der Waals surface area contributed by atoms with Crippen LogP contribution in [-0.2, 0) is 6.54 Å². The van der Waals surface area contributed by atoms with E-state index in [1.165, 1.54) is 11.8 Å². The number of Topliss-reactive ketones (excluding diaryl/α,β-unsaturated/α-hetero) is 1. The minimum absolute atomic E-state index is 0.00578. The molecule has 1 amide bonds. The highest BCUT2D eigenvalue weighted by atomic mass is 35.5. The zero-order chi connectivity index (χ0) is 23.4. The number of methoxy groups -OCH3 is 1. The van der Waals surface area contributed by atoms with Crippen molar-refractivity contribution in [3.8, 4) is 5.75 Å². The molecule has 2 heterocycles. The fourth-order valence-electron chi connectivity index (χ4n) is 4.01. The molecule has 33 heavy (non-hydrogen) atoms. The maximum absolute atomic E-state index is 13.2. The van der Waals surface area contributed by atoms with Gasteiger partial charge in [-0.1, -0.05) is 35.5 Å².